The lowest BCUT2D eigenvalue weighted by molar-refractivity contribution is -0.118. The molecule has 0 spiro atoms. The van der Waals surface area contributed by atoms with Crippen LogP contribution in [-0.4, -0.2) is 19.6 Å². The van der Waals surface area contributed by atoms with E-state index >= 15 is 0 Å². The molecular formula is C23H21BrCl2N2O3. The zero-order valence-corrected chi connectivity index (χ0v) is 20.1. The summed E-state index contributed by atoms with van der Waals surface area (Å²) < 4.78 is 11.9. The van der Waals surface area contributed by atoms with Crippen LogP contribution in [0, 0.1) is 6.92 Å². The molecule has 5 nitrogen and oxygen atoms in total. The first-order chi connectivity index (χ1) is 14.9. The van der Waals surface area contributed by atoms with Crippen molar-refractivity contribution in [2.45, 2.75) is 13.5 Å². The highest BCUT2D eigenvalue weighted by molar-refractivity contribution is 9.10. The van der Waals surface area contributed by atoms with E-state index in [1.807, 2.05) is 49.4 Å². The van der Waals surface area contributed by atoms with Gasteiger partial charge in [0.1, 0.15) is 0 Å². The van der Waals surface area contributed by atoms with E-state index in [1.165, 1.54) is 0 Å². The number of hydrogen-bond acceptors (Lipinski definition) is 4. The van der Waals surface area contributed by atoms with Gasteiger partial charge in [-0.05, 0) is 82.5 Å². The molecule has 0 atom stereocenters. The number of anilines is 2. The fourth-order valence-electron chi connectivity index (χ4n) is 2.79. The van der Waals surface area contributed by atoms with Crippen molar-refractivity contribution >= 4 is 56.4 Å². The highest BCUT2D eigenvalue weighted by Crippen LogP contribution is 2.37. The van der Waals surface area contributed by atoms with Gasteiger partial charge in [0.05, 0.1) is 11.6 Å². The van der Waals surface area contributed by atoms with Gasteiger partial charge in [0, 0.05) is 28.0 Å². The Morgan fingerprint density at radius 1 is 1.03 bits per heavy atom. The quantitative estimate of drug-likeness (QED) is 0.344. The predicted molar refractivity (Wildman–Crippen MR) is 130 cm³/mol. The van der Waals surface area contributed by atoms with Crippen molar-refractivity contribution in [3.05, 3.63) is 80.2 Å². The van der Waals surface area contributed by atoms with Gasteiger partial charge in [-0.1, -0.05) is 29.3 Å². The molecule has 3 rings (SSSR count). The van der Waals surface area contributed by atoms with Crippen LogP contribution >= 0.6 is 39.1 Å². The molecule has 3 aromatic rings. The van der Waals surface area contributed by atoms with Crippen LogP contribution in [0.15, 0.2) is 59.1 Å². The van der Waals surface area contributed by atoms with Gasteiger partial charge in [-0.3, -0.25) is 4.79 Å². The van der Waals surface area contributed by atoms with Gasteiger partial charge < -0.3 is 20.1 Å². The SMILES string of the molecule is COc1cc(CNc2ccc(Cl)cc2)cc(Br)c1OCC(=O)Nc1ccc(C)c(Cl)c1. The number of ether oxygens (including phenoxy) is 2. The fraction of sp³-hybridized carbons (Fsp3) is 0.174. The number of nitrogens with one attached hydrogen (secondary N) is 2. The van der Waals surface area contributed by atoms with Crippen LogP contribution in [0.5, 0.6) is 11.5 Å². The van der Waals surface area contributed by atoms with E-state index in [1.54, 1.807) is 19.2 Å². The number of carbonyl (C=O) groups excluding carboxylic acids is 1. The number of halogens is 3. The Morgan fingerprint density at radius 3 is 2.42 bits per heavy atom. The Hall–Kier alpha value is -2.41. The first-order valence-electron chi connectivity index (χ1n) is 9.40. The van der Waals surface area contributed by atoms with Crippen LogP contribution in [0.25, 0.3) is 0 Å². The normalized spacial score (nSPS) is 10.5. The molecule has 31 heavy (non-hydrogen) atoms. The van der Waals surface area contributed by atoms with Gasteiger partial charge in [0.15, 0.2) is 18.1 Å². The molecule has 0 saturated heterocycles. The summed E-state index contributed by atoms with van der Waals surface area (Å²) in [7, 11) is 1.55. The zero-order valence-electron chi connectivity index (χ0n) is 17.0. The van der Waals surface area contributed by atoms with E-state index in [4.69, 9.17) is 32.7 Å². The molecule has 8 heteroatoms. The summed E-state index contributed by atoms with van der Waals surface area (Å²) in [5.41, 5.74) is 3.48. The highest BCUT2D eigenvalue weighted by atomic mass is 79.9. The summed E-state index contributed by atoms with van der Waals surface area (Å²) in [6, 6.07) is 16.6. The van der Waals surface area contributed by atoms with Crippen molar-refractivity contribution in [1.82, 2.24) is 0 Å². The second kappa shape index (κ2) is 10.8. The third-order valence-corrected chi connectivity index (χ3v) is 5.68. The zero-order chi connectivity index (χ0) is 22.4. The molecule has 0 unspecified atom stereocenters. The summed E-state index contributed by atoms with van der Waals surface area (Å²) in [5, 5.41) is 7.36. The topological polar surface area (TPSA) is 59.6 Å². The second-order valence-corrected chi connectivity index (χ2v) is 8.47. The minimum atomic E-state index is -0.303. The van der Waals surface area contributed by atoms with Crippen LogP contribution in [0.1, 0.15) is 11.1 Å². The van der Waals surface area contributed by atoms with Crippen molar-refractivity contribution in [2.75, 3.05) is 24.4 Å². The van der Waals surface area contributed by atoms with Crippen LogP contribution < -0.4 is 20.1 Å². The number of carbonyl (C=O) groups is 1. The minimum Gasteiger partial charge on any atom is -0.493 e. The van der Waals surface area contributed by atoms with Gasteiger partial charge in [0.25, 0.3) is 5.91 Å². The van der Waals surface area contributed by atoms with Crippen molar-refractivity contribution < 1.29 is 14.3 Å². The average Bonchev–Trinajstić information content (AvgIpc) is 2.74. The first kappa shape index (κ1) is 23.3. The van der Waals surface area contributed by atoms with Gasteiger partial charge in [-0.25, -0.2) is 0 Å². The Morgan fingerprint density at radius 2 is 1.74 bits per heavy atom. The first-order valence-corrected chi connectivity index (χ1v) is 10.9. The maximum absolute atomic E-state index is 12.3. The number of rotatable bonds is 8. The van der Waals surface area contributed by atoms with Crippen molar-refractivity contribution in [3.8, 4) is 11.5 Å². The summed E-state index contributed by atoms with van der Waals surface area (Å²) >= 11 is 15.5. The van der Waals surface area contributed by atoms with Crippen LogP contribution in [0.2, 0.25) is 10.0 Å². The number of benzene rings is 3. The standard InChI is InChI=1S/C23H21BrCl2N2O3/c1-14-3-6-18(11-20(14)26)28-22(29)13-31-23-19(24)9-15(10-21(23)30-2)12-27-17-7-4-16(25)5-8-17/h3-11,27H,12-13H2,1-2H3,(H,28,29). The van der Waals surface area contributed by atoms with Crippen LogP contribution in [0.4, 0.5) is 11.4 Å². The lowest BCUT2D eigenvalue weighted by Crippen LogP contribution is -2.20. The second-order valence-electron chi connectivity index (χ2n) is 6.77. The maximum Gasteiger partial charge on any atom is 0.262 e. The molecule has 0 radical (unpaired) electrons. The molecular weight excluding hydrogens is 503 g/mol. The Bertz CT molecular complexity index is 1080. The Kier molecular flexibility index (Phi) is 8.07. The third kappa shape index (κ3) is 6.53. The van der Waals surface area contributed by atoms with Gasteiger partial charge in [-0.15, -0.1) is 0 Å². The molecule has 162 valence electrons. The third-order valence-electron chi connectivity index (χ3n) is 4.43. The minimum absolute atomic E-state index is 0.178. The average molecular weight is 524 g/mol. The molecule has 0 bridgehead atoms. The fourth-order valence-corrected chi connectivity index (χ4v) is 3.70. The van der Waals surface area contributed by atoms with Crippen LogP contribution in [0.3, 0.4) is 0 Å². The summed E-state index contributed by atoms with van der Waals surface area (Å²) in [5.74, 6) is 0.672. The lowest BCUT2D eigenvalue weighted by Gasteiger charge is -2.15. The Balaban J connectivity index is 1.63. The number of hydrogen-bond donors (Lipinski definition) is 2. The van der Waals surface area contributed by atoms with Crippen molar-refractivity contribution in [3.63, 3.8) is 0 Å². The molecule has 0 aliphatic heterocycles. The van der Waals surface area contributed by atoms with E-state index in [0.29, 0.717) is 38.2 Å². The molecule has 3 aromatic carbocycles. The monoisotopic (exact) mass is 522 g/mol. The molecule has 0 saturated carbocycles. The number of methoxy groups -OCH3 is 1. The largest absolute Gasteiger partial charge is 0.493 e. The molecule has 1 amide bonds. The van der Waals surface area contributed by atoms with Gasteiger partial charge in [0.2, 0.25) is 0 Å². The van der Waals surface area contributed by atoms with Crippen LogP contribution in [-0.2, 0) is 11.3 Å². The van der Waals surface area contributed by atoms with E-state index in [0.717, 1.165) is 16.8 Å². The summed E-state index contributed by atoms with van der Waals surface area (Å²) in [4.78, 5) is 12.3. The van der Waals surface area contributed by atoms with Crippen molar-refractivity contribution in [1.29, 1.82) is 0 Å². The van der Waals surface area contributed by atoms with Gasteiger partial charge >= 0.3 is 0 Å². The van der Waals surface area contributed by atoms with Gasteiger partial charge in [-0.2, -0.15) is 0 Å². The molecule has 0 aliphatic carbocycles. The molecule has 0 heterocycles. The van der Waals surface area contributed by atoms with E-state index in [9.17, 15) is 4.79 Å². The van der Waals surface area contributed by atoms with E-state index in [2.05, 4.69) is 26.6 Å². The maximum atomic E-state index is 12.3. The Labute approximate surface area is 199 Å². The predicted octanol–water partition coefficient (Wildman–Crippen LogP) is 6.70. The number of aryl methyl sites for hydroxylation is 1. The molecule has 0 fully saturated rings. The molecule has 0 aliphatic rings. The molecule has 0 aromatic heterocycles. The van der Waals surface area contributed by atoms with E-state index < -0.39 is 0 Å². The van der Waals surface area contributed by atoms with Crippen molar-refractivity contribution in [2.24, 2.45) is 0 Å². The smallest absolute Gasteiger partial charge is 0.262 e. The highest BCUT2D eigenvalue weighted by Gasteiger charge is 2.14. The lowest BCUT2D eigenvalue weighted by atomic mass is 10.2. The summed E-state index contributed by atoms with van der Waals surface area (Å²) in [6.07, 6.45) is 0. The van der Waals surface area contributed by atoms with E-state index in [-0.39, 0.29) is 12.5 Å². The number of amides is 1. The molecule has 2 N–H and O–H groups in total. The summed E-state index contributed by atoms with van der Waals surface area (Å²) in [6.45, 7) is 2.30.